The Labute approximate surface area is 120 Å². The van der Waals surface area contributed by atoms with Crippen molar-refractivity contribution in [2.24, 2.45) is 0 Å². The normalized spacial score (nSPS) is 18.9. The lowest BCUT2D eigenvalue weighted by Crippen LogP contribution is -2.59. The van der Waals surface area contributed by atoms with Crippen molar-refractivity contribution in [1.82, 2.24) is 10.2 Å². The third-order valence-corrected chi connectivity index (χ3v) is 3.61. The largest absolute Gasteiger partial charge is 0.463 e. The number of furan rings is 1. The molecule has 3 rings (SSSR count). The van der Waals surface area contributed by atoms with E-state index < -0.39 is 17.9 Å². The molecule has 1 aliphatic heterocycles. The quantitative estimate of drug-likeness (QED) is 0.844. The fourth-order valence-corrected chi connectivity index (χ4v) is 2.58. The Hall–Kier alpha value is -2.63. The predicted octanol–water partition coefficient (Wildman–Crippen LogP) is 1.31. The van der Waals surface area contributed by atoms with Crippen LogP contribution in [0.2, 0.25) is 0 Å². The number of rotatable bonds is 2. The lowest BCUT2D eigenvalue weighted by atomic mass is 10.1. The molecule has 21 heavy (non-hydrogen) atoms. The molecule has 1 aliphatic rings. The number of para-hydroxylation sites is 1. The topological polar surface area (TPSA) is 79.6 Å². The van der Waals surface area contributed by atoms with Crippen LogP contribution in [0.3, 0.4) is 0 Å². The molecule has 1 fully saturated rings. The molecule has 108 valence electrons. The minimum absolute atomic E-state index is 0.122. The SMILES string of the molecule is CCC1C(=O)NC(=O)CN1C(=O)c1coc2ccccc12. The number of nitrogens with one attached hydrogen (secondary N) is 1. The van der Waals surface area contributed by atoms with Crippen molar-refractivity contribution in [2.45, 2.75) is 19.4 Å². The molecule has 2 aromatic rings. The molecule has 1 aromatic heterocycles. The highest BCUT2D eigenvalue weighted by Crippen LogP contribution is 2.23. The number of benzene rings is 1. The van der Waals surface area contributed by atoms with Crippen LogP contribution in [-0.4, -0.2) is 35.2 Å². The summed E-state index contributed by atoms with van der Waals surface area (Å²) in [4.78, 5) is 37.3. The van der Waals surface area contributed by atoms with E-state index in [9.17, 15) is 14.4 Å². The van der Waals surface area contributed by atoms with Gasteiger partial charge in [0.2, 0.25) is 11.8 Å². The van der Waals surface area contributed by atoms with Gasteiger partial charge in [-0.2, -0.15) is 0 Å². The van der Waals surface area contributed by atoms with Gasteiger partial charge < -0.3 is 9.32 Å². The van der Waals surface area contributed by atoms with Gasteiger partial charge in [0.15, 0.2) is 0 Å². The highest BCUT2D eigenvalue weighted by atomic mass is 16.3. The smallest absolute Gasteiger partial charge is 0.258 e. The molecule has 6 heteroatoms. The zero-order valence-electron chi connectivity index (χ0n) is 11.5. The maximum atomic E-state index is 12.7. The van der Waals surface area contributed by atoms with E-state index >= 15 is 0 Å². The fourth-order valence-electron chi connectivity index (χ4n) is 2.58. The molecule has 3 amide bonds. The van der Waals surface area contributed by atoms with Crippen LogP contribution >= 0.6 is 0 Å². The number of nitrogens with zero attached hydrogens (tertiary/aromatic N) is 1. The molecule has 0 aliphatic carbocycles. The second-order valence-corrected chi connectivity index (χ2v) is 4.92. The Bertz CT molecular complexity index is 734. The molecule has 1 atom stereocenters. The molecule has 2 heterocycles. The minimum Gasteiger partial charge on any atom is -0.463 e. The van der Waals surface area contributed by atoms with Gasteiger partial charge in [0, 0.05) is 5.39 Å². The molecule has 1 aromatic carbocycles. The first-order valence-corrected chi connectivity index (χ1v) is 6.72. The summed E-state index contributed by atoms with van der Waals surface area (Å²) in [6.07, 6.45) is 1.82. The molecule has 1 saturated heterocycles. The van der Waals surface area contributed by atoms with Crippen LogP contribution in [0.5, 0.6) is 0 Å². The summed E-state index contributed by atoms with van der Waals surface area (Å²) in [6.45, 7) is 1.68. The van der Waals surface area contributed by atoms with Crippen LogP contribution in [0.25, 0.3) is 11.0 Å². The number of amides is 3. The zero-order chi connectivity index (χ0) is 15.0. The average molecular weight is 286 g/mol. The number of fused-ring (bicyclic) bond motifs is 1. The average Bonchev–Trinajstić information content (AvgIpc) is 2.89. The van der Waals surface area contributed by atoms with E-state index in [4.69, 9.17) is 4.42 Å². The first-order chi connectivity index (χ1) is 10.1. The highest BCUT2D eigenvalue weighted by molar-refractivity contribution is 6.11. The molecular formula is C15H14N2O4. The predicted molar refractivity (Wildman–Crippen MR) is 74.5 cm³/mol. The first-order valence-electron chi connectivity index (χ1n) is 6.72. The zero-order valence-corrected chi connectivity index (χ0v) is 11.5. The van der Waals surface area contributed by atoms with Crippen molar-refractivity contribution in [3.8, 4) is 0 Å². The number of carbonyl (C=O) groups excluding carboxylic acids is 3. The monoisotopic (exact) mass is 286 g/mol. The van der Waals surface area contributed by atoms with E-state index in [0.29, 0.717) is 23.0 Å². The Morgan fingerprint density at radius 3 is 2.90 bits per heavy atom. The summed E-state index contributed by atoms with van der Waals surface area (Å²) in [5.41, 5.74) is 0.966. The van der Waals surface area contributed by atoms with Crippen molar-refractivity contribution in [3.05, 3.63) is 36.1 Å². The van der Waals surface area contributed by atoms with E-state index in [-0.39, 0.29) is 12.5 Å². The van der Waals surface area contributed by atoms with E-state index in [1.54, 1.807) is 25.1 Å². The lowest BCUT2D eigenvalue weighted by Gasteiger charge is -2.33. The number of hydrogen-bond donors (Lipinski definition) is 1. The van der Waals surface area contributed by atoms with Gasteiger partial charge in [-0.05, 0) is 12.5 Å². The molecule has 0 bridgehead atoms. The van der Waals surface area contributed by atoms with Crippen molar-refractivity contribution in [3.63, 3.8) is 0 Å². The minimum atomic E-state index is -0.635. The molecule has 6 nitrogen and oxygen atoms in total. The lowest BCUT2D eigenvalue weighted by molar-refractivity contribution is -0.138. The van der Waals surface area contributed by atoms with E-state index in [1.807, 2.05) is 6.07 Å². The first kappa shape index (κ1) is 13.4. The van der Waals surface area contributed by atoms with Crippen molar-refractivity contribution in [2.75, 3.05) is 6.54 Å². The van der Waals surface area contributed by atoms with Crippen LogP contribution in [0, 0.1) is 0 Å². The summed E-state index contributed by atoms with van der Waals surface area (Å²) in [5.74, 6) is -1.27. The van der Waals surface area contributed by atoms with Gasteiger partial charge in [0.1, 0.15) is 24.4 Å². The van der Waals surface area contributed by atoms with Gasteiger partial charge in [0.05, 0.1) is 5.56 Å². The van der Waals surface area contributed by atoms with Crippen LogP contribution in [0.15, 0.2) is 34.9 Å². The number of hydrogen-bond acceptors (Lipinski definition) is 4. The number of carbonyl (C=O) groups is 3. The maximum absolute atomic E-state index is 12.7. The van der Waals surface area contributed by atoms with Crippen molar-refractivity contribution < 1.29 is 18.8 Å². The molecule has 0 radical (unpaired) electrons. The van der Waals surface area contributed by atoms with Gasteiger partial charge in [-0.1, -0.05) is 25.1 Å². The molecule has 0 saturated carbocycles. The summed E-state index contributed by atoms with van der Waals surface area (Å²) in [6, 6.07) is 6.52. The van der Waals surface area contributed by atoms with Gasteiger partial charge >= 0.3 is 0 Å². The van der Waals surface area contributed by atoms with Gasteiger partial charge in [-0.25, -0.2) is 0 Å². The van der Waals surface area contributed by atoms with Crippen LogP contribution in [-0.2, 0) is 9.59 Å². The Morgan fingerprint density at radius 1 is 1.38 bits per heavy atom. The Kier molecular flexibility index (Phi) is 3.21. The van der Waals surface area contributed by atoms with Gasteiger partial charge in [-0.15, -0.1) is 0 Å². The van der Waals surface area contributed by atoms with E-state index in [2.05, 4.69) is 5.32 Å². The summed E-state index contributed by atoms with van der Waals surface area (Å²) in [5, 5.41) is 2.93. The molecular weight excluding hydrogens is 272 g/mol. The summed E-state index contributed by atoms with van der Waals surface area (Å²) in [7, 11) is 0. The van der Waals surface area contributed by atoms with Crippen LogP contribution < -0.4 is 5.32 Å². The Morgan fingerprint density at radius 2 is 2.14 bits per heavy atom. The molecule has 1 N–H and O–H groups in total. The van der Waals surface area contributed by atoms with Crippen LogP contribution in [0.1, 0.15) is 23.7 Å². The highest BCUT2D eigenvalue weighted by Gasteiger charge is 2.36. The maximum Gasteiger partial charge on any atom is 0.258 e. The summed E-state index contributed by atoms with van der Waals surface area (Å²) < 4.78 is 5.35. The fraction of sp³-hybridized carbons (Fsp3) is 0.267. The van der Waals surface area contributed by atoms with E-state index in [1.165, 1.54) is 11.2 Å². The van der Waals surface area contributed by atoms with Crippen molar-refractivity contribution in [1.29, 1.82) is 0 Å². The second kappa shape index (κ2) is 5.05. The molecule has 0 spiro atoms. The van der Waals surface area contributed by atoms with Crippen LogP contribution in [0.4, 0.5) is 0 Å². The van der Waals surface area contributed by atoms with Crippen molar-refractivity contribution >= 4 is 28.7 Å². The third kappa shape index (κ3) is 2.18. The molecule has 1 unspecified atom stereocenters. The Balaban J connectivity index is 2.00. The number of imide groups is 1. The van der Waals surface area contributed by atoms with Gasteiger partial charge in [0.25, 0.3) is 5.91 Å². The third-order valence-electron chi connectivity index (χ3n) is 3.61. The van der Waals surface area contributed by atoms with E-state index in [0.717, 1.165) is 0 Å². The standard InChI is InChI=1S/C15H14N2O4/c1-2-11-14(19)16-13(18)7-17(11)15(20)10-8-21-12-6-4-3-5-9(10)12/h3-6,8,11H,2,7H2,1H3,(H,16,18,19). The summed E-state index contributed by atoms with van der Waals surface area (Å²) >= 11 is 0. The second-order valence-electron chi connectivity index (χ2n) is 4.92. The number of piperazine rings is 1. The van der Waals surface area contributed by atoms with Gasteiger partial charge in [-0.3, -0.25) is 19.7 Å².